The number of benzene rings is 1. The van der Waals surface area contributed by atoms with Gasteiger partial charge in [0, 0.05) is 31.7 Å². The average Bonchev–Trinajstić information content (AvgIpc) is 3.22. The standard InChI is InChI=1S/C18H21N3O3/c1-20-14(4-7-19-20)10-24-11-17(23)21-9-13-2-3-15(22)8-16(13)18(12-21)5-6-18/h2-4,7-8,22H,5-6,9-12H2,1H3. The average molecular weight is 327 g/mol. The first-order valence-electron chi connectivity index (χ1n) is 8.22. The highest BCUT2D eigenvalue weighted by atomic mass is 16.5. The fourth-order valence-corrected chi connectivity index (χ4v) is 3.54. The lowest BCUT2D eigenvalue weighted by Gasteiger charge is -2.35. The third-order valence-corrected chi connectivity index (χ3v) is 5.12. The molecule has 2 heterocycles. The molecule has 1 spiro atoms. The van der Waals surface area contributed by atoms with Crippen molar-refractivity contribution >= 4 is 5.91 Å². The van der Waals surface area contributed by atoms with Gasteiger partial charge in [-0.15, -0.1) is 0 Å². The number of phenolic OH excluding ortho intramolecular Hbond substituents is 1. The molecule has 1 saturated carbocycles. The summed E-state index contributed by atoms with van der Waals surface area (Å²) in [5.41, 5.74) is 3.34. The molecule has 0 radical (unpaired) electrons. The second kappa shape index (κ2) is 5.63. The lowest BCUT2D eigenvalue weighted by atomic mass is 9.87. The Morgan fingerprint density at radius 1 is 1.38 bits per heavy atom. The summed E-state index contributed by atoms with van der Waals surface area (Å²) in [5, 5.41) is 13.8. The van der Waals surface area contributed by atoms with Crippen molar-refractivity contribution in [2.75, 3.05) is 13.2 Å². The fraction of sp³-hybridized carbons (Fsp3) is 0.444. The summed E-state index contributed by atoms with van der Waals surface area (Å²) in [7, 11) is 1.86. The maximum Gasteiger partial charge on any atom is 0.248 e. The predicted molar refractivity (Wildman–Crippen MR) is 87.3 cm³/mol. The number of hydrogen-bond acceptors (Lipinski definition) is 4. The van der Waals surface area contributed by atoms with Gasteiger partial charge >= 0.3 is 0 Å². The molecule has 4 rings (SSSR count). The molecule has 126 valence electrons. The van der Waals surface area contributed by atoms with E-state index in [0.29, 0.717) is 18.9 Å². The number of fused-ring (bicyclic) bond motifs is 2. The summed E-state index contributed by atoms with van der Waals surface area (Å²) in [6.07, 6.45) is 3.86. The molecule has 1 aliphatic heterocycles. The van der Waals surface area contributed by atoms with Gasteiger partial charge in [0.1, 0.15) is 12.4 Å². The van der Waals surface area contributed by atoms with Crippen LogP contribution in [0.25, 0.3) is 0 Å². The predicted octanol–water partition coefficient (Wildman–Crippen LogP) is 1.72. The Bertz CT molecular complexity index is 780. The van der Waals surface area contributed by atoms with Gasteiger partial charge in [-0.2, -0.15) is 5.10 Å². The van der Waals surface area contributed by atoms with Crippen LogP contribution in [0, 0.1) is 0 Å². The summed E-state index contributed by atoms with van der Waals surface area (Å²) in [4.78, 5) is 14.4. The summed E-state index contributed by atoms with van der Waals surface area (Å²) < 4.78 is 7.32. The fourth-order valence-electron chi connectivity index (χ4n) is 3.54. The number of rotatable bonds is 4. The largest absolute Gasteiger partial charge is 0.508 e. The molecule has 2 aliphatic rings. The molecule has 0 saturated heterocycles. The van der Waals surface area contributed by atoms with Crippen LogP contribution in [0.3, 0.4) is 0 Å². The van der Waals surface area contributed by atoms with Gasteiger partial charge in [0.25, 0.3) is 0 Å². The SMILES string of the molecule is Cn1nccc1COCC(=O)N1Cc2ccc(O)cc2C2(CC2)C1. The maximum absolute atomic E-state index is 12.5. The van der Waals surface area contributed by atoms with Gasteiger partial charge in [-0.3, -0.25) is 9.48 Å². The number of nitrogens with zero attached hydrogens (tertiary/aromatic N) is 3. The molecule has 0 atom stereocenters. The zero-order valence-corrected chi connectivity index (χ0v) is 13.7. The smallest absolute Gasteiger partial charge is 0.248 e. The van der Waals surface area contributed by atoms with Crippen LogP contribution in [0.1, 0.15) is 29.7 Å². The third-order valence-electron chi connectivity index (χ3n) is 5.12. The Balaban J connectivity index is 1.41. The highest BCUT2D eigenvalue weighted by Gasteiger charge is 2.50. The first-order valence-corrected chi connectivity index (χ1v) is 8.22. The Morgan fingerprint density at radius 3 is 2.92 bits per heavy atom. The van der Waals surface area contributed by atoms with Crippen molar-refractivity contribution in [3.8, 4) is 5.75 Å². The van der Waals surface area contributed by atoms with Crippen LogP contribution in [0.5, 0.6) is 5.75 Å². The van der Waals surface area contributed by atoms with Crippen molar-refractivity contribution in [2.45, 2.75) is 31.4 Å². The van der Waals surface area contributed by atoms with Crippen molar-refractivity contribution in [3.63, 3.8) is 0 Å². The quantitative estimate of drug-likeness (QED) is 0.928. The summed E-state index contributed by atoms with van der Waals surface area (Å²) in [6, 6.07) is 7.37. The third kappa shape index (κ3) is 2.67. The molecule has 1 fully saturated rings. The zero-order valence-electron chi connectivity index (χ0n) is 13.7. The topological polar surface area (TPSA) is 67.6 Å². The van der Waals surface area contributed by atoms with Crippen LogP contribution in [0.15, 0.2) is 30.5 Å². The molecule has 0 unspecified atom stereocenters. The number of hydrogen-bond donors (Lipinski definition) is 1. The van der Waals surface area contributed by atoms with Crippen molar-refractivity contribution in [1.29, 1.82) is 0 Å². The van der Waals surface area contributed by atoms with Crippen molar-refractivity contribution in [2.24, 2.45) is 7.05 Å². The van der Waals surface area contributed by atoms with Crippen LogP contribution in [0.4, 0.5) is 0 Å². The van der Waals surface area contributed by atoms with E-state index in [9.17, 15) is 9.90 Å². The zero-order chi connectivity index (χ0) is 16.7. The molecule has 24 heavy (non-hydrogen) atoms. The van der Waals surface area contributed by atoms with E-state index < -0.39 is 0 Å². The Kier molecular flexibility index (Phi) is 3.57. The van der Waals surface area contributed by atoms with E-state index in [4.69, 9.17) is 4.74 Å². The van der Waals surface area contributed by atoms with Crippen LogP contribution < -0.4 is 0 Å². The van der Waals surface area contributed by atoms with Crippen LogP contribution in [-0.4, -0.2) is 38.8 Å². The van der Waals surface area contributed by atoms with Crippen LogP contribution >= 0.6 is 0 Å². The van der Waals surface area contributed by atoms with Crippen LogP contribution in [0.2, 0.25) is 0 Å². The molecule has 1 amide bonds. The monoisotopic (exact) mass is 327 g/mol. The van der Waals surface area contributed by atoms with E-state index in [1.54, 1.807) is 16.9 Å². The van der Waals surface area contributed by atoms with Crippen molar-refractivity contribution in [3.05, 3.63) is 47.3 Å². The van der Waals surface area contributed by atoms with E-state index in [2.05, 4.69) is 5.10 Å². The molecule has 1 aromatic carbocycles. The van der Waals surface area contributed by atoms with Gasteiger partial charge in [0.15, 0.2) is 0 Å². The van der Waals surface area contributed by atoms with Gasteiger partial charge in [0.2, 0.25) is 5.91 Å². The highest BCUT2D eigenvalue weighted by molar-refractivity contribution is 5.78. The van der Waals surface area contributed by atoms with Gasteiger partial charge in [-0.25, -0.2) is 0 Å². The summed E-state index contributed by atoms with van der Waals surface area (Å²) >= 11 is 0. The molecular weight excluding hydrogens is 306 g/mol. The number of amides is 1. The Labute approximate surface area is 140 Å². The number of ether oxygens (including phenoxy) is 1. The number of aromatic nitrogens is 2. The first kappa shape index (κ1) is 15.2. The minimum absolute atomic E-state index is 0.0159. The lowest BCUT2D eigenvalue weighted by molar-refractivity contribution is -0.138. The van der Waals surface area contributed by atoms with Crippen molar-refractivity contribution < 1.29 is 14.6 Å². The normalized spacial score (nSPS) is 17.8. The highest BCUT2D eigenvalue weighted by Crippen LogP contribution is 2.53. The van der Waals surface area contributed by atoms with E-state index in [-0.39, 0.29) is 17.9 Å². The molecule has 0 bridgehead atoms. The number of aromatic hydroxyl groups is 1. The molecule has 1 N–H and O–H groups in total. The first-order chi connectivity index (χ1) is 11.6. The van der Waals surface area contributed by atoms with E-state index in [1.807, 2.05) is 30.1 Å². The molecule has 1 aromatic heterocycles. The lowest BCUT2D eigenvalue weighted by Crippen LogP contribution is -2.43. The Morgan fingerprint density at radius 2 is 2.21 bits per heavy atom. The molecule has 1 aliphatic carbocycles. The van der Waals surface area contributed by atoms with E-state index in [1.165, 1.54) is 5.56 Å². The van der Waals surface area contributed by atoms with Gasteiger partial charge in [-0.1, -0.05) is 6.07 Å². The minimum atomic E-state index is 0.0159. The second-order valence-corrected chi connectivity index (χ2v) is 6.81. The summed E-state index contributed by atoms with van der Waals surface area (Å²) in [5.74, 6) is 0.321. The minimum Gasteiger partial charge on any atom is -0.508 e. The molecule has 2 aromatic rings. The number of carbonyl (C=O) groups is 1. The van der Waals surface area contributed by atoms with Crippen LogP contribution in [-0.2, 0) is 35.1 Å². The van der Waals surface area contributed by atoms with Crippen molar-refractivity contribution in [1.82, 2.24) is 14.7 Å². The van der Waals surface area contributed by atoms with Gasteiger partial charge in [-0.05, 0) is 42.2 Å². The molecule has 6 nitrogen and oxygen atoms in total. The maximum atomic E-state index is 12.5. The number of carbonyl (C=O) groups excluding carboxylic acids is 1. The van der Waals surface area contributed by atoms with Gasteiger partial charge < -0.3 is 14.7 Å². The van der Waals surface area contributed by atoms with Gasteiger partial charge in [0.05, 0.1) is 12.3 Å². The van der Waals surface area contributed by atoms with E-state index >= 15 is 0 Å². The number of aryl methyl sites for hydroxylation is 1. The summed E-state index contributed by atoms with van der Waals surface area (Å²) in [6.45, 7) is 1.77. The Hall–Kier alpha value is -2.34. The number of phenols is 1. The molecule has 6 heteroatoms. The van der Waals surface area contributed by atoms with E-state index in [0.717, 1.165) is 30.6 Å². The second-order valence-electron chi connectivity index (χ2n) is 6.81. The molecular formula is C18H21N3O3.